The van der Waals surface area contributed by atoms with Gasteiger partial charge in [-0.15, -0.1) is 0 Å². The zero-order valence-corrected chi connectivity index (χ0v) is 57.6. The largest absolute Gasteiger partial charge is 0.326 e. The highest BCUT2D eigenvalue weighted by atomic mass is 15.1. The minimum atomic E-state index is -0.0625. The third-order valence-electron chi connectivity index (χ3n) is 14.7. The molecule has 2 aliphatic heterocycles. The maximum Gasteiger partial charge on any atom is 0.0146 e. The summed E-state index contributed by atoms with van der Waals surface area (Å²) in [5.74, 6) is 0.943. The Morgan fingerprint density at radius 2 is 0.822 bits per heavy atom. The Bertz CT molecular complexity index is 1140. The quantitative estimate of drug-likeness (QED) is 0.169. The molecule has 0 unspecified atom stereocenters. The maximum absolute atomic E-state index is 5.82. The van der Waals surface area contributed by atoms with Crippen LogP contribution in [0.2, 0.25) is 0 Å². The van der Waals surface area contributed by atoms with Gasteiger partial charge in [-0.2, -0.15) is 0 Å². The Balaban J connectivity index is -0.000000247. The van der Waals surface area contributed by atoms with Crippen LogP contribution in [-0.4, -0.2) is 134 Å². The fraction of sp³-hybridized carbons (Fsp3) is 1.00. The molecular weight excluding hydrogens is 891 g/mol. The molecule has 2 rings (SSSR count). The maximum atomic E-state index is 5.82. The Hall–Kier alpha value is -0.280. The van der Waals surface area contributed by atoms with E-state index >= 15 is 0 Å². The van der Waals surface area contributed by atoms with Gasteiger partial charge in [-0.1, -0.05) is 173 Å². The van der Waals surface area contributed by atoms with Crippen molar-refractivity contribution in [3.05, 3.63) is 0 Å². The third-order valence-corrected chi connectivity index (χ3v) is 14.7. The summed E-state index contributed by atoms with van der Waals surface area (Å²) in [6, 6.07) is 0.678. The lowest BCUT2D eigenvalue weighted by Crippen LogP contribution is -2.45. The van der Waals surface area contributed by atoms with Crippen molar-refractivity contribution < 1.29 is 0 Å². The first-order chi connectivity index (χ1) is 32.3. The first-order valence-electron chi connectivity index (χ1n) is 30.5. The second kappa shape index (κ2) is 38.3. The molecule has 0 aromatic carbocycles. The van der Waals surface area contributed by atoms with Crippen molar-refractivity contribution in [3.63, 3.8) is 0 Å². The molecule has 0 atom stereocenters. The fourth-order valence-corrected chi connectivity index (χ4v) is 7.92. The summed E-state index contributed by atoms with van der Waals surface area (Å²) >= 11 is 0. The van der Waals surface area contributed by atoms with Crippen LogP contribution >= 0.6 is 0 Å². The lowest BCUT2D eigenvalue weighted by molar-refractivity contribution is 0.129. The molecule has 0 aliphatic carbocycles. The van der Waals surface area contributed by atoms with E-state index in [1.54, 1.807) is 0 Å². The number of hydrogen-bond acceptors (Lipinski definition) is 7. The van der Waals surface area contributed by atoms with Crippen molar-refractivity contribution >= 4 is 0 Å². The summed E-state index contributed by atoms with van der Waals surface area (Å²) in [6.07, 6.45) is 13.3. The van der Waals surface area contributed by atoms with E-state index in [0.717, 1.165) is 12.3 Å². The predicted molar refractivity (Wildman–Crippen MR) is 340 cm³/mol. The summed E-state index contributed by atoms with van der Waals surface area (Å²) in [5, 5.41) is 0. The highest BCUT2D eigenvalue weighted by molar-refractivity contribution is 4.86. The minimum Gasteiger partial charge on any atom is -0.326 e. The van der Waals surface area contributed by atoms with E-state index < -0.39 is 0 Å². The van der Waals surface area contributed by atoms with Crippen LogP contribution in [0.4, 0.5) is 0 Å². The van der Waals surface area contributed by atoms with Gasteiger partial charge < -0.3 is 36.0 Å². The van der Waals surface area contributed by atoms with E-state index in [1.807, 2.05) is 13.8 Å². The van der Waals surface area contributed by atoms with Gasteiger partial charge in [-0.25, -0.2) is 0 Å². The molecule has 4 N–H and O–H groups in total. The molecule has 2 aliphatic rings. The van der Waals surface area contributed by atoms with Crippen LogP contribution < -0.4 is 11.5 Å². The van der Waals surface area contributed by atoms with Crippen LogP contribution in [0.25, 0.3) is 0 Å². The SMILES string of the molecule is CC(C)(C)C(C)(C)N.CC(C)(C)CC(C)(C)N.CC(C)(C)CCN1CCCC1.CC(C)N(C)CCC(C)(C)C.CCN(CC)CCC(C)(C)C.CCN(CC)CCCC(C)(C)C.CN1CCC(C(C)(C)C)CC1. The van der Waals surface area contributed by atoms with Crippen molar-refractivity contribution in [2.45, 2.75) is 296 Å². The molecule has 448 valence electrons. The van der Waals surface area contributed by atoms with Crippen molar-refractivity contribution in [2.24, 2.45) is 55.3 Å². The topological polar surface area (TPSA) is 68.2 Å². The number of rotatable bonds is 15. The van der Waals surface area contributed by atoms with E-state index in [1.165, 1.54) is 136 Å². The first kappa shape index (κ1) is 81.6. The van der Waals surface area contributed by atoms with Gasteiger partial charge in [0.05, 0.1) is 0 Å². The summed E-state index contributed by atoms with van der Waals surface area (Å²) in [4.78, 5) is 12.4. The van der Waals surface area contributed by atoms with Gasteiger partial charge in [-0.3, -0.25) is 0 Å². The van der Waals surface area contributed by atoms with Gasteiger partial charge in [0.2, 0.25) is 0 Å². The highest BCUT2D eigenvalue weighted by Gasteiger charge is 2.28. The zero-order valence-electron chi connectivity index (χ0n) is 57.6. The third kappa shape index (κ3) is 62.4. The van der Waals surface area contributed by atoms with Crippen LogP contribution in [0.3, 0.4) is 0 Å². The molecule has 0 aromatic heterocycles. The molecule has 2 heterocycles. The molecule has 0 spiro atoms. The fourth-order valence-electron chi connectivity index (χ4n) is 7.92. The minimum absolute atomic E-state index is 0.0156. The van der Waals surface area contributed by atoms with E-state index in [9.17, 15) is 0 Å². The number of likely N-dealkylation sites (tertiary alicyclic amines) is 2. The molecular formula is C66H149N7. The van der Waals surface area contributed by atoms with Gasteiger partial charge in [0, 0.05) is 17.1 Å². The molecule has 2 fully saturated rings. The number of nitrogens with zero attached hydrogens (tertiary/aromatic N) is 5. The van der Waals surface area contributed by atoms with Crippen molar-refractivity contribution in [1.29, 1.82) is 0 Å². The summed E-state index contributed by atoms with van der Waals surface area (Å²) in [5.41, 5.74) is 14.6. The normalized spacial score (nSPS) is 16.0. The van der Waals surface area contributed by atoms with Crippen LogP contribution in [0.15, 0.2) is 0 Å². The Morgan fingerprint density at radius 1 is 0.479 bits per heavy atom. The van der Waals surface area contributed by atoms with Gasteiger partial charge >= 0.3 is 0 Å². The van der Waals surface area contributed by atoms with Gasteiger partial charge in [-0.05, 0) is 242 Å². The summed E-state index contributed by atoms with van der Waals surface area (Å²) < 4.78 is 0. The molecule has 0 saturated carbocycles. The molecule has 2 saturated heterocycles. The van der Waals surface area contributed by atoms with Crippen LogP contribution in [-0.2, 0) is 0 Å². The Labute approximate surface area is 466 Å². The Kier molecular flexibility index (Phi) is 42.8. The molecule has 7 heteroatoms. The average Bonchev–Trinajstić information content (AvgIpc) is 3.70. The van der Waals surface area contributed by atoms with Crippen LogP contribution in [0.5, 0.6) is 0 Å². The molecule has 73 heavy (non-hydrogen) atoms. The molecule has 0 aromatic rings. The van der Waals surface area contributed by atoms with E-state index in [-0.39, 0.29) is 16.5 Å². The van der Waals surface area contributed by atoms with E-state index in [2.05, 4.69) is 239 Å². The zero-order chi connectivity index (χ0) is 59.1. The molecule has 7 nitrogen and oxygen atoms in total. The van der Waals surface area contributed by atoms with Gasteiger partial charge in [0.1, 0.15) is 0 Å². The van der Waals surface area contributed by atoms with E-state index in [0.29, 0.717) is 38.5 Å². The predicted octanol–water partition coefficient (Wildman–Crippen LogP) is 17.5. The summed E-state index contributed by atoms with van der Waals surface area (Å²) in [6.45, 7) is 84.6. The van der Waals surface area contributed by atoms with Gasteiger partial charge in [0.25, 0.3) is 0 Å². The average molecular weight is 1040 g/mol. The first-order valence-corrected chi connectivity index (χ1v) is 30.5. The number of nitrogens with two attached hydrogens (primary N) is 2. The van der Waals surface area contributed by atoms with E-state index in [4.69, 9.17) is 11.5 Å². The lowest BCUT2D eigenvalue weighted by atomic mass is 9.75. The number of piperidine rings is 1. The number of hydrogen-bond donors (Lipinski definition) is 2. The Morgan fingerprint density at radius 3 is 1.08 bits per heavy atom. The monoisotopic (exact) mass is 1040 g/mol. The second-order valence-electron chi connectivity index (χ2n) is 32.4. The van der Waals surface area contributed by atoms with Crippen LogP contribution in [0, 0.1) is 43.8 Å². The smallest absolute Gasteiger partial charge is 0.0146 e. The standard InChI is InChI=1S/C11H25N.2C10H21N.2C10H23N.C8H19N.C7H17N/c1-6-12(7-2)10-8-9-11(3,4)5;1-10(2,3)9-5-7-11(4)8-6-9;1-10(2,3)6-9-11-7-4-5-8-11;1-9(2)11(6)8-7-10(3,4)5;1-6-11(7-2)9-8-10(3,4)5;1-7(2,3)6-8(4,5)9;1-6(2,3)7(4,5)8/h6-10H2,1-5H3;9H,5-8H2,1-4H3;4-9H2,1-3H3;9H,7-8H2,1-6H3;6-9H2,1-5H3;6,9H2,1-5H3;8H2,1-5H3. The van der Waals surface area contributed by atoms with Crippen molar-refractivity contribution in [3.8, 4) is 0 Å². The van der Waals surface area contributed by atoms with Crippen molar-refractivity contribution in [1.82, 2.24) is 24.5 Å². The lowest BCUT2D eigenvalue weighted by Gasteiger charge is -2.37. The summed E-state index contributed by atoms with van der Waals surface area (Å²) in [7, 11) is 4.41. The molecule has 0 radical (unpaired) electrons. The molecule has 0 amide bonds. The van der Waals surface area contributed by atoms with Crippen LogP contribution in [0.1, 0.15) is 279 Å². The van der Waals surface area contributed by atoms with Crippen molar-refractivity contribution in [2.75, 3.05) is 92.6 Å². The molecule has 0 bridgehead atoms. The highest BCUT2D eigenvalue weighted by Crippen LogP contribution is 2.34. The second-order valence-corrected chi connectivity index (χ2v) is 32.4. The van der Waals surface area contributed by atoms with Gasteiger partial charge in [0.15, 0.2) is 0 Å².